The molecule has 1 saturated heterocycles. The molecule has 1 amide bonds. The van der Waals surface area contributed by atoms with Gasteiger partial charge in [-0.05, 0) is 69.5 Å². The Balaban J connectivity index is 1.32. The van der Waals surface area contributed by atoms with Crippen LogP contribution in [0.4, 0.5) is 4.79 Å². The highest BCUT2D eigenvalue weighted by molar-refractivity contribution is 6.76. The smallest absolute Gasteiger partial charge is 0.410 e. The molecule has 3 aromatic carbocycles. The van der Waals surface area contributed by atoms with E-state index >= 15 is 0 Å². The van der Waals surface area contributed by atoms with Gasteiger partial charge in [0, 0.05) is 64.8 Å². The van der Waals surface area contributed by atoms with Crippen LogP contribution in [0.2, 0.25) is 25.7 Å². The molecule has 0 aliphatic carbocycles. The molecule has 5 rings (SSSR count). The van der Waals surface area contributed by atoms with Gasteiger partial charge in [-0.25, -0.2) is 9.78 Å². The highest BCUT2D eigenvalue weighted by Gasteiger charge is 2.37. The van der Waals surface area contributed by atoms with Crippen LogP contribution in [0, 0.1) is 0 Å². The monoisotopic (exact) mass is 803 g/mol. The number of para-hydroxylation sites is 2. The molecule has 1 aromatic heterocycles. The van der Waals surface area contributed by atoms with Crippen LogP contribution in [0.5, 0.6) is 11.5 Å². The van der Waals surface area contributed by atoms with Crippen molar-refractivity contribution >= 4 is 25.2 Å². The fourth-order valence-corrected chi connectivity index (χ4v) is 7.70. The van der Waals surface area contributed by atoms with E-state index in [1.807, 2.05) is 63.2 Å². The van der Waals surface area contributed by atoms with E-state index in [1.54, 1.807) is 19.1 Å². The van der Waals surface area contributed by atoms with E-state index in [4.69, 9.17) is 38.1 Å². The normalized spacial score (nSPS) is 16.8. The lowest BCUT2D eigenvalue weighted by Crippen LogP contribution is -2.49. The highest BCUT2D eigenvalue weighted by Crippen LogP contribution is 2.37. The number of nitrogens with one attached hydrogen (secondary N) is 1. The van der Waals surface area contributed by atoms with E-state index < -0.39 is 19.8 Å². The lowest BCUT2D eigenvalue weighted by molar-refractivity contribution is -0.0897. The van der Waals surface area contributed by atoms with Crippen LogP contribution >= 0.6 is 0 Å². The molecular formula is C45H65N3O8Si. The van der Waals surface area contributed by atoms with Crippen molar-refractivity contribution in [2.75, 3.05) is 60.3 Å². The number of amides is 1. The molecule has 1 N–H and O–H groups in total. The Morgan fingerprint density at radius 1 is 0.930 bits per heavy atom. The Bertz CT molecular complexity index is 1820. The Morgan fingerprint density at radius 3 is 2.46 bits per heavy atom. The summed E-state index contributed by atoms with van der Waals surface area (Å²) >= 11 is 0. The number of imidazole rings is 1. The fourth-order valence-electron chi connectivity index (χ4n) is 6.94. The SMILES string of the molecule is COCCCc1nc2c(C(COCC[Si](C)(C)C)OC3CN(C(=O)OC(C)(C)C)CCC3c3ccc(OCCCOCc4ccccc4OC)cc3)cccc2[nH]1. The quantitative estimate of drug-likeness (QED) is 0.0651. The predicted molar refractivity (Wildman–Crippen MR) is 227 cm³/mol. The number of piperidine rings is 1. The molecule has 1 fully saturated rings. The van der Waals surface area contributed by atoms with Crippen molar-refractivity contribution in [2.24, 2.45) is 0 Å². The molecule has 12 heteroatoms. The second-order valence-electron chi connectivity index (χ2n) is 17.0. The zero-order valence-corrected chi connectivity index (χ0v) is 36.4. The number of fused-ring (bicyclic) bond motifs is 1. The van der Waals surface area contributed by atoms with Gasteiger partial charge in [0.05, 0.1) is 57.2 Å². The number of aryl methyl sites for hydroxylation is 1. The van der Waals surface area contributed by atoms with E-state index in [2.05, 4.69) is 48.9 Å². The summed E-state index contributed by atoms with van der Waals surface area (Å²) in [5, 5.41) is 0. The summed E-state index contributed by atoms with van der Waals surface area (Å²) in [7, 11) is 2.08. The highest BCUT2D eigenvalue weighted by atomic mass is 28.3. The summed E-state index contributed by atoms with van der Waals surface area (Å²) in [6.45, 7) is 17.0. The van der Waals surface area contributed by atoms with Crippen molar-refractivity contribution in [3.05, 3.63) is 89.2 Å². The molecule has 0 saturated carbocycles. The molecule has 11 nitrogen and oxygen atoms in total. The van der Waals surface area contributed by atoms with Crippen molar-refractivity contribution in [3.8, 4) is 11.5 Å². The zero-order valence-electron chi connectivity index (χ0n) is 35.4. The molecule has 3 unspecified atom stereocenters. The molecule has 2 heterocycles. The largest absolute Gasteiger partial charge is 0.496 e. The first-order chi connectivity index (χ1) is 27.3. The van der Waals surface area contributed by atoms with E-state index in [9.17, 15) is 4.79 Å². The Kier molecular flexibility index (Phi) is 16.4. The molecule has 0 spiro atoms. The minimum Gasteiger partial charge on any atom is -0.496 e. The predicted octanol–water partition coefficient (Wildman–Crippen LogP) is 9.34. The number of benzene rings is 3. The van der Waals surface area contributed by atoms with Crippen molar-refractivity contribution < 1.29 is 38.0 Å². The molecular weight excluding hydrogens is 739 g/mol. The number of carbonyl (C=O) groups excluding carboxylic acids is 1. The van der Waals surface area contributed by atoms with Crippen LogP contribution in [0.1, 0.15) is 74.6 Å². The number of methoxy groups -OCH3 is 2. The third-order valence-corrected chi connectivity index (χ3v) is 11.7. The number of likely N-dealkylation sites (tertiary alicyclic amines) is 1. The maximum Gasteiger partial charge on any atom is 0.410 e. The zero-order chi connectivity index (χ0) is 40.8. The molecule has 3 atom stereocenters. The van der Waals surface area contributed by atoms with E-state index in [0.717, 1.165) is 70.4 Å². The Labute approximate surface area is 340 Å². The van der Waals surface area contributed by atoms with Gasteiger partial charge >= 0.3 is 6.09 Å². The summed E-state index contributed by atoms with van der Waals surface area (Å²) in [4.78, 5) is 23.8. The van der Waals surface area contributed by atoms with Gasteiger partial charge in [-0.3, -0.25) is 0 Å². The van der Waals surface area contributed by atoms with Crippen LogP contribution < -0.4 is 9.47 Å². The van der Waals surface area contributed by atoms with Gasteiger partial charge in [-0.15, -0.1) is 0 Å². The van der Waals surface area contributed by atoms with Crippen molar-refractivity contribution in [1.29, 1.82) is 0 Å². The van der Waals surface area contributed by atoms with Crippen LogP contribution in [-0.4, -0.2) is 101 Å². The van der Waals surface area contributed by atoms with Gasteiger partial charge < -0.3 is 43.0 Å². The molecule has 57 heavy (non-hydrogen) atoms. The minimum atomic E-state index is -1.31. The van der Waals surface area contributed by atoms with E-state index in [1.165, 1.54) is 0 Å². The van der Waals surface area contributed by atoms with Gasteiger partial charge in [0.15, 0.2) is 0 Å². The van der Waals surface area contributed by atoms with Crippen molar-refractivity contribution in [2.45, 2.75) is 102 Å². The molecule has 0 bridgehead atoms. The average molecular weight is 804 g/mol. The van der Waals surface area contributed by atoms with Crippen LogP contribution in [0.25, 0.3) is 11.0 Å². The van der Waals surface area contributed by atoms with Gasteiger partial charge in [0.1, 0.15) is 29.0 Å². The first-order valence-corrected chi connectivity index (χ1v) is 24.1. The van der Waals surface area contributed by atoms with Crippen molar-refractivity contribution in [1.82, 2.24) is 14.9 Å². The maximum absolute atomic E-state index is 13.4. The molecule has 1 aliphatic heterocycles. The number of carbonyl (C=O) groups is 1. The van der Waals surface area contributed by atoms with Gasteiger partial charge in [-0.2, -0.15) is 0 Å². The van der Waals surface area contributed by atoms with Crippen molar-refractivity contribution in [3.63, 3.8) is 0 Å². The Hall–Kier alpha value is -3.94. The van der Waals surface area contributed by atoms with E-state index in [-0.39, 0.29) is 18.1 Å². The third-order valence-electron chi connectivity index (χ3n) is 9.98. The number of rotatable bonds is 21. The number of nitrogens with zero attached hydrogens (tertiary/aromatic N) is 2. The van der Waals surface area contributed by atoms with Crippen LogP contribution in [0.15, 0.2) is 66.7 Å². The number of ether oxygens (including phenoxy) is 7. The summed E-state index contributed by atoms with van der Waals surface area (Å²) in [5.41, 5.74) is 4.37. The molecule has 312 valence electrons. The number of hydrogen-bond donors (Lipinski definition) is 1. The maximum atomic E-state index is 13.4. The molecule has 0 radical (unpaired) electrons. The average Bonchev–Trinajstić information content (AvgIpc) is 3.60. The Morgan fingerprint density at radius 2 is 1.72 bits per heavy atom. The molecule has 4 aromatic rings. The first kappa shape index (κ1) is 44.2. The minimum absolute atomic E-state index is 0.0218. The fraction of sp³-hybridized carbons (Fsp3) is 0.556. The summed E-state index contributed by atoms with van der Waals surface area (Å²) < 4.78 is 42.2. The van der Waals surface area contributed by atoms with Gasteiger partial charge in [-0.1, -0.05) is 62.1 Å². The topological polar surface area (TPSA) is 114 Å². The number of aromatic nitrogens is 2. The van der Waals surface area contributed by atoms with Crippen LogP contribution in [0.3, 0.4) is 0 Å². The van der Waals surface area contributed by atoms with E-state index in [0.29, 0.717) is 59.2 Å². The third kappa shape index (κ3) is 13.8. The summed E-state index contributed by atoms with van der Waals surface area (Å²) in [6.07, 6.45) is 2.06. The summed E-state index contributed by atoms with van der Waals surface area (Å²) in [6, 6.07) is 23.4. The summed E-state index contributed by atoms with van der Waals surface area (Å²) in [5.74, 6) is 2.57. The standard InChI is InChI=1S/C45H65N3O8Si/c1-45(2,3)56-44(49)48-24-23-36(33-19-21-35(22-20-33)54-27-13-26-52-31-34-14-9-10-17-39(34)51-5)40(30-48)55-41(32-53-28-29-57(6,7)8)37-15-11-16-38-43(37)47-42(46-38)18-12-25-50-4/h9-11,14-17,19-22,36,40-41H,12-13,18,23-32H2,1-8H3,(H,46,47). The first-order valence-electron chi connectivity index (χ1n) is 20.4. The molecule has 1 aliphatic rings. The second kappa shape index (κ2) is 21.2. The number of H-pyrrole nitrogens is 1. The lowest BCUT2D eigenvalue weighted by atomic mass is 9.86. The number of hydrogen-bond acceptors (Lipinski definition) is 9. The van der Waals surface area contributed by atoms with Gasteiger partial charge in [0.25, 0.3) is 0 Å². The van der Waals surface area contributed by atoms with Gasteiger partial charge in [0.2, 0.25) is 0 Å². The van der Waals surface area contributed by atoms with Crippen LogP contribution in [-0.2, 0) is 36.7 Å². The second-order valence-corrected chi connectivity index (χ2v) is 22.7. The lowest BCUT2D eigenvalue weighted by Gasteiger charge is -2.40. The number of aromatic amines is 1.